The van der Waals surface area contributed by atoms with Gasteiger partial charge in [0.15, 0.2) is 9.84 Å². The molecule has 1 saturated heterocycles. The number of halogens is 1. The number of carbonyl (C=O) groups is 2. The van der Waals surface area contributed by atoms with E-state index < -0.39 is 27.7 Å². The molecule has 114 valence electrons. The normalized spacial score (nSPS) is 20.0. The van der Waals surface area contributed by atoms with Gasteiger partial charge in [-0.15, -0.1) is 0 Å². The van der Waals surface area contributed by atoms with Crippen LogP contribution in [0.15, 0.2) is 24.3 Å². The first-order valence-corrected chi connectivity index (χ1v) is 8.59. The fraction of sp³-hybridized carbons (Fsp3) is 0.385. The summed E-state index contributed by atoms with van der Waals surface area (Å²) in [5, 5.41) is 5.49. The van der Waals surface area contributed by atoms with E-state index in [-0.39, 0.29) is 18.1 Å². The molecule has 8 heteroatoms. The average molecular weight is 331 g/mol. The molecule has 0 aromatic heterocycles. The molecular weight excluding hydrogens is 316 g/mol. The van der Waals surface area contributed by atoms with Gasteiger partial charge in [0.1, 0.15) is 0 Å². The Morgan fingerprint density at radius 2 is 1.86 bits per heavy atom. The summed E-state index contributed by atoms with van der Waals surface area (Å²) in [5.41, 5.74) is 0.809. The van der Waals surface area contributed by atoms with Crippen LogP contribution in [0.25, 0.3) is 0 Å². The van der Waals surface area contributed by atoms with Crippen LogP contribution in [-0.4, -0.2) is 37.8 Å². The zero-order valence-corrected chi connectivity index (χ0v) is 12.7. The first kappa shape index (κ1) is 15.8. The third-order valence-electron chi connectivity index (χ3n) is 3.14. The summed E-state index contributed by atoms with van der Waals surface area (Å²) in [6, 6.07) is 6.37. The van der Waals surface area contributed by atoms with E-state index in [1.165, 1.54) is 0 Å². The molecule has 0 spiro atoms. The number of hydrogen-bond acceptors (Lipinski definition) is 4. The fourth-order valence-electron chi connectivity index (χ4n) is 2.02. The van der Waals surface area contributed by atoms with Crippen molar-refractivity contribution in [3.8, 4) is 0 Å². The van der Waals surface area contributed by atoms with Gasteiger partial charge in [-0.2, -0.15) is 0 Å². The van der Waals surface area contributed by atoms with E-state index in [0.717, 1.165) is 5.56 Å². The number of rotatable bonds is 3. The molecule has 21 heavy (non-hydrogen) atoms. The Morgan fingerprint density at radius 1 is 1.19 bits per heavy atom. The van der Waals surface area contributed by atoms with Crippen molar-refractivity contribution in [3.63, 3.8) is 0 Å². The highest BCUT2D eigenvalue weighted by Gasteiger charge is 2.30. The van der Waals surface area contributed by atoms with Gasteiger partial charge in [0.05, 0.1) is 11.5 Å². The Balaban J connectivity index is 1.80. The van der Waals surface area contributed by atoms with Crippen LogP contribution in [0.3, 0.4) is 0 Å². The molecule has 6 nitrogen and oxygen atoms in total. The largest absolute Gasteiger partial charge is 0.344 e. The second-order valence-electron chi connectivity index (χ2n) is 4.88. The lowest BCUT2D eigenvalue weighted by Gasteiger charge is -2.10. The van der Waals surface area contributed by atoms with Crippen molar-refractivity contribution in [1.29, 1.82) is 0 Å². The third-order valence-corrected chi connectivity index (χ3v) is 5.16. The second kappa shape index (κ2) is 6.44. The van der Waals surface area contributed by atoms with E-state index in [4.69, 9.17) is 11.6 Å². The van der Waals surface area contributed by atoms with Crippen LogP contribution in [0, 0.1) is 0 Å². The molecule has 1 heterocycles. The molecule has 1 aromatic carbocycles. The number of benzene rings is 1. The van der Waals surface area contributed by atoms with Crippen molar-refractivity contribution in [3.05, 3.63) is 34.9 Å². The van der Waals surface area contributed by atoms with Gasteiger partial charge in [0, 0.05) is 17.6 Å². The molecule has 1 aromatic rings. The van der Waals surface area contributed by atoms with Gasteiger partial charge in [0.2, 0.25) is 0 Å². The maximum absolute atomic E-state index is 11.6. The lowest BCUT2D eigenvalue weighted by molar-refractivity contribution is -0.139. The first-order chi connectivity index (χ1) is 9.85. The molecule has 0 radical (unpaired) electrons. The van der Waals surface area contributed by atoms with E-state index in [9.17, 15) is 18.0 Å². The predicted octanol–water partition coefficient (Wildman–Crippen LogP) is 0.259. The van der Waals surface area contributed by atoms with Crippen molar-refractivity contribution in [2.24, 2.45) is 0 Å². The highest BCUT2D eigenvalue weighted by atomic mass is 35.5. The Hall–Kier alpha value is -1.60. The Labute approximate surface area is 127 Å². The third kappa shape index (κ3) is 4.71. The molecule has 0 bridgehead atoms. The maximum Gasteiger partial charge on any atom is 0.309 e. The summed E-state index contributed by atoms with van der Waals surface area (Å²) < 4.78 is 22.5. The van der Waals surface area contributed by atoms with E-state index in [0.29, 0.717) is 11.4 Å². The zero-order valence-electron chi connectivity index (χ0n) is 11.1. The molecule has 0 aliphatic carbocycles. The van der Waals surface area contributed by atoms with Crippen LogP contribution in [0.5, 0.6) is 0 Å². The monoisotopic (exact) mass is 330 g/mol. The highest BCUT2D eigenvalue weighted by Crippen LogP contribution is 2.11. The van der Waals surface area contributed by atoms with Crippen LogP contribution in [0.2, 0.25) is 5.02 Å². The molecule has 0 saturated carbocycles. The van der Waals surface area contributed by atoms with Gasteiger partial charge in [-0.05, 0) is 24.1 Å². The van der Waals surface area contributed by atoms with E-state index in [1.807, 2.05) is 0 Å². The Kier molecular flexibility index (Phi) is 4.84. The van der Waals surface area contributed by atoms with Gasteiger partial charge in [0.25, 0.3) is 0 Å². The maximum atomic E-state index is 11.6. The summed E-state index contributed by atoms with van der Waals surface area (Å²) in [6.45, 7) is 0.201. The summed E-state index contributed by atoms with van der Waals surface area (Å²) in [7, 11) is -3.09. The van der Waals surface area contributed by atoms with Gasteiger partial charge in [-0.1, -0.05) is 23.7 Å². The fourth-order valence-corrected chi connectivity index (χ4v) is 3.82. The van der Waals surface area contributed by atoms with Gasteiger partial charge in [-0.25, -0.2) is 8.42 Å². The summed E-state index contributed by atoms with van der Waals surface area (Å²) >= 11 is 5.74. The number of amides is 2. The first-order valence-electron chi connectivity index (χ1n) is 6.39. The minimum atomic E-state index is -3.09. The van der Waals surface area contributed by atoms with Crippen LogP contribution in [0.1, 0.15) is 12.0 Å². The minimum Gasteiger partial charge on any atom is -0.344 e. The summed E-state index contributed by atoms with van der Waals surface area (Å²) in [4.78, 5) is 23.3. The Morgan fingerprint density at radius 3 is 2.43 bits per heavy atom. The average Bonchev–Trinajstić information content (AvgIpc) is 2.77. The smallest absolute Gasteiger partial charge is 0.309 e. The van der Waals surface area contributed by atoms with Crippen LogP contribution in [0.4, 0.5) is 0 Å². The van der Waals surface area contributed by atoms with Crippen molar-refractivity contribution >= 4 is 33.3 Å². The number of sulfone groups is 1. The van der Waals surface area contributed by atoms with E-state index >= 15 is 0 Å². The number of hydrogen-bond donors (Lipinski definition) is 2. The summed E-state index contributed by atoms with van der Waals surface area (Å²) in [5.74, 6) is -1.66. The second-order valence-corrected chi connectivity index (χ2v) is 7.55. The van der Waals surface area contributed by atoms with Crippen LogP contribution < -0.4 is 10.6 Å². The van der Waals surface area contributed by atoms with E-state index in [1.54, 1.807) is 24.3 Å². The van der Waals surface area contributed by atoms with E-state index in [2.05, 4.69) is 10.6 Å². The lowest BCUT2D eigenvalue weighted by atomic mass is 10.2. The van der Waals surface area contributed by atoms with Crippen LogP contribution in [-0.2, 0) is 26.0 Å². The molecule has 1 aliphatic heterocycles. The Bertz CT molecular complexity index is 643. The molecule has 2 N–H and O–H groups in total. The number of carbonyl (C=O) groups excluding carboxylic acids is 2. The van der Waals surface area contributed by atoms with Gasteiger partial charge >= 0.3 is 11.8 Å². The van der Waals surface area contributed by atoms with Crippen molar-refractivity contribution in [2.45, 2.75) is 19.0 Å². The molecule has 1 aliphatic rings. The molecule has 2 amide bonds. The zero-order chi connectivity index (χ0) is 15.5. The molecule has 1 unspecified atom stereocenters. The molecule has 2 rings (SSSR count). The van der Waals surface area contributed by atoms with Crippen molar-refractivity contribution in [2.75, 3.05) is 11.5 Å². The number of nitrogens with one attached hydrogen (secondary N) is 2. The molecule has 1 atom stereocenters. The lowest BCUT2D eigenvalue weighted by Crippen LogP contribution is -2.44. The highest BCUT2D eigenvalue weighted by molar-refractivity contribution is 7.91. The predicted molar refractivity (Wildman–Crippen MR) is 78.5 cm³/mol. The van der Waals surface area contributed by atoms with Crippen LogP contribution >= 0.6 is 11.6 Å². The molecular formula is C13H15ClN2O4S. The SMILES string of the molecule is O=C(NCc1ccc(Cl)cc1)C(=O)NC1CCS(=O)(=O)C1. The van der Waals surface area contributed by atoms with Crippen molar-refractivity contribution in [1.82, 2.24) is 10.6 Å². The molecule has 1 fully saturated rings. The quantitative estimate of drug-likeness (QED) is 0.778. The standard InChI is InChI=1S/C13H15ClN2O4S/c14-10-3-1-9(2-4-10)7-15-12(17)13(18)16-11-5-6-21(19,20)8-11/h1-4,11H,5-8H2,(H,15,17)(H,16,18). The van der Waals surface area contributed by atoms with Crippen molar-refractivity contribution < 1.29 is 18.0 Å². The minimum absolute atomic E-state index is 0.0460. The van der Waals surface area contributed by atoms with Gasteiger partial charge < -0.3 is 10.6 Å². The topological polar surface area (TPSA) is 92.3 Å². The summed E-state index contributed by atoms with van der Waals surface area (Å²) in [6.07, 6.45) is 0.346. The van der Waals surface area contributed by atoms with Gasteiger partial charge in [-0.3, -0.25) is 9.59 Å².